The highest BCUT2D eigenvalue weighted by Crippen LogP contribution is 2.21. The monoisotopic (exact) mass is 345 g/mol. The second-order valence-corrected chi connectivity index (χ2v) is 7.18. The molecule has 1 aliphatic rings. The molecule has 2 aromatic rings. The van der Waals surface area contributed by atoms with Gasteiger partial charge in [0.1, 0.15) is 11.6 Å². The van der Waals surface area contributed by atoms with Crippen LogP contribution in [0.2, 0.25) is 0 Å². The highest BCUT2D eigenvalue weighted by molar-refractivity contribution is 5.91. The first kappa shape index (κ1) is 17.7. The number of aryl methyl sites for hydroxylation is 1. The molecular formula is C18H27N5O2. The van der Waals surface area contributed by atoms with Crippen LogP contribution in [0.15, 0.2) is 23.0 Å². The van der Waals surface area contributed by atoms with Crippen molar-refractivity contribution >= 4 is 11.7 Å². The number of hydrogen-bond acceptors (Lipinski definition) is 5. The topological polar surface area (TPSA) is 76.2 Å². The third-order valence-corrected chi connectivity index (χ3v) is 4.69. The fourth-order valence-electron chi connectivity index (χ4n) is 3.39. The van der Waals surface area contributed by atoms with Crippen LogP contribution in [0.1, 0.15) is 44.2 Å². The summed E-state index contributed by atoms with van der Waals surface area (Å²) in [6.45, 7) is 9.47. The van der Waals surface area contributed by atoms with E-state index < -0.39 is 0 Å². The number of aromatic nitrogens is 3. The van der Waals surface area contributed by atoms with Crippen molar-refractivity contribution in [1.82, 2.24) is 19.6 Å². The van der Waals surface area contributed by atoms with E-state index in [0.29, 0.717) is 30.0 Å². The van der Waals surface area contributed by atoms with Gasteiger partial charge in [-0.05, 0) is 38.8 Å². The Morgan fingerprint density at radius 1 is 1.40 bits per heavy atom. The van der Waals surface area contributed by atoms with Crippen LogP contribution in [-0.2, 0) is 11.3 Å². The van der Waals surface area contributed by atoms with Crippen molar-refractivity contribution in [3.05, 3.63) is 30.0 Å². The van der Waals surface area contributed by atoms with Crippen LogP contribution in [0.5, 0.6) is 0 Å². The molecule has 0 aromatic carbocycles. The Morgan fingerprint density at radius 3 is 2.80 bits per heavy atom. The van der Waals surface area contributed by atoms with E-state index in [4.69, 9.17) is 4.52 Å². The standard InChI is InChI=1S/C18H27N5O2/c1-13(2)18-19-6-9-23(18)11-15-4-7-22(8-5-15)12-17(24)20-16-10-14(3)25-21-16/h6,9-10,13,15H,4-5,7-8,11-12H2,1-3H3,(H,20,21,24). The molecule has 1 aliphatic heterocycles. The number of rotatable bonds is 6. The number of nitrogens with one attached hydrogen (secondary N) is 1. The lowest BCUT2D eigenvalue weighted by Crippen LogP contribution is -2.40. The number of carbonyl (C=O) groups is 1. The summed E-state index contributed by atoms with van der Waals surface area (Å²) < 4.78 is 7.24. The van der Waals surface area contributed by atoms with Crippen LogP contribution in [0.4, 0.5) is 5.82 Å². The minimum absolute atomic E-state index is 0.0385. The van der Waals surface area contributed by atoms with Crippen LogP contribution in [0.3, 0.4) is 0 Å². The van der Waals surface area contributed by atoms with Gasteiger partial charge in [0.05, 0.1) is 6.54 Å². The fourth-order valence-corrected chi connectivity index (χ4v) is 3.39. The number of hydrogen-bond donors (Lipinski definition) is 1. The summed E-state index contributed by atoms with van der Waals surface area (Å²) in [6.07, 6.45) is 6.17. The van der Waals surface area contributed by atoms with Gasteiger partial charge < -0.3 is 14.4 Å². The molecule has 7 heteroatoms. The molecule has 7 nitrogen and oxygen atoms in total. The average molecular weight is 345 g/mol. The van der Waals surface area contributed by atoms with Crippen LogP contribution in [0, 0.1) is 12.8 Å². The fraction of sp³-hybridized carbons (Fsp3) is 0.611. The first-order chi connectivity index (χ1) is 12.0. The zero-order chi connectivity index (χ0) is 17.8. The minimum atomic E-state index is -0.0385. The van der Waals surface area contributed by atoms with Crippen molar-refractivity contribution in [2.24, 2.45) is 5.92 Å². The van der Waals surface area contributed by atoms with Crippen molar-refractivity contribution in [1.29, 1.82) is 0 Å². The number of anilines is 1. The van der Waals surface area contributed by atoms with Gasteiger partial charge in [-0.2, -0.15) is 0 Å². The molecule has 3 rings (SSSR count). The molecule has 1 fully saturated rings. The van der Waals surface area contributed by atoms with E-state index in [2.05, 4.69) is 45.0 Å². The Bertz CT molecular complexity index is 698. The molecule has 0 radical (unpaired) electrons. The molecule has 1 saturated heterocycles. The quantitative estimate of drug-likeness (QED) is 0.871. The average Bonchev–Trinajstić information content (AvgIpc) is 3.18. The summed E-state index contributed by atoms with van der Waals surface area (Å²) in [5.74, 6) is 3.38. The summed E-state index contributed by atoms with van der Waals surface area (Å²) in [4.78, 5) is 18.8. The molecule has 0 bridgehead atoms. The van der Waals surface area contributed by atoms with E-state index in [9.17, 15) is 4.79 Å². The first-order valence-corrected chi connectivity index (χ1v) is 8.98. The first-order valence-electron chi connectivity index (χ1n) is 8.98. The normalized spacial score (nSPS) is 16.5. The SMILES string of the molecule is Cc1cc(NC(=O)CN2CCC(Cn3ccnc3C(C)C)CC2)no1. The summed E-state index contributed by atoms with van der Waals surface area (Å²) >= 11 is 0. The molecule has 2 aromatic heterocycles. The largest absolute Gasteiger partial charge is 0.360 e. The molecule has 0 atom stereocenters. The highest BCUT2D eigenvalue weighted by Gasteiger charge is 2.22. The predicted molar refractivity (Wildman–Crippen MR) is 95.3 cm³/mol. The predicted octanol–water partition coefficient (Wildman–Crippen LogP) is 2.65. The van der Waals surface area contributed by atoms with Gasteiger partial charge >= 0.3 is 0 Å². The summed E-state index contributed by atoms with van der Waals surface area (Å²) in [5, 5.41) is 6.57. The zero-order valence-corrected chi connectivity index (χ0v) is 15.2. The van der Waals surface area contributed by atoms with Gasteiger partial charge in [0.2, 0.25) is 5.91 Å². The molecule has 0 spiro atoms. The number of nitrogens with zero attached hydrogens (tertiary/aromatic N) is 4. The van der Waals surface area contributed by atoms with E-state index >= 15 is 0 Å². The maximum atomic E-state index is 12.1. The van der Waals surface area contributed by atoms with E-state index in [1.807, 2.05) is 6.20 Å². The maximum Gasteiger partial charge on any atom is 0.239 e. The van der Waals surface area contributed by atoms with Crippen molar-refractivity contribution in [3.63, 3.8) is 0 Å². The van der Waals surface area contributed by atoms with Crippen LogP contribution >= 0.6 is 0 Å². The number of likely N-dealkylation sites (tertiary alicyclic amines) is 1. The zero-order valence-electron chi connectivity index (χ0n) is 15.2. The second kappa shape index (κ2) is 7.82. The van der Waals surface area contributed by atoms with Gasteiger partial charge in [0, 0.05) is 30.9 Å². The molecule has 1 amide bonds. The van der Waals surface area contributed by atoms with Gasteiger partial charge in [0.15, 0.2) is 5.82 Å². The molecule has 0 aliphatic carbocycles. The minimum Gasteiger partial charge on any atom is -0.360 e. The molecule has 1 N–H and O–H groups in total. The van der Waals surface area contributed by atoms with Crippen LogP contribution in [0.25, 0.3) is 0 Å². The van der Waals surface area contributed by atoms with Gasteiger partial charge in [0.25, 0.3) is 0 Å². The lowest BCUT2D eigenvalue weighted by molar-refractivity contribution is -0.117. The third kappa shape index (κ3) is 4.69. The lowest BCUT2D eigenvalue weighted by Gasteiger charge is -2.31. The van der Waals surface area contributed by atoms with Crippen molar-refractivity contribution in [3.8, 4) is 0 Å². The summed E-state index contributed by atoms with van der Waals surface area (Å²) in [7, 11) is 0. The summed E-state index contributed by atoms with van der Waals surface area (Å²) in [5.41, 5.74) is 0. The van der Waals surface area contributed by atoms with Crippen LogP contribution < -0.4 is 5.32 Å². The number of piperidine rings is 1. The van der Waals surface area contributed by atoms with Crippen molar-refractivity contribution in [2.45, 2.75) is 46.1 Å². The van der Waals surface area contributed by atoms with E-state index in [1.165, 1.54) is 0 Å². The molecular weight excluding hydrogens is 318 g/mol. The van der Waals surface area contributed by atoms with Gasteiger partial charge in [-0.1, -0.05) is 19.0 Å². The van der Waals surface area contributed by atoms with Gasteiger partial charge in [-0.3, -0.25) is 9.69 Å². The van der Waals surface area contributed by atoms with Gasteiger partial charge in [-0.15, -0.1) is 0 Å². The van der Waals surface area contributed by atoms with E-state index in [0.717, 1.165) is 38.3 Å². The number of carbonyl (C=O) groups excluding carboxylic acids is 1. The maximum absolute atomic E-state index is 12.1. The smallest absolute Gasteiger partial charge is 0.239 e. The van der Waals surface area contributed by atoms with Crippen LogP contribution in [-0.4, -0.2) is 45.1 Å². The van der Waals surface area contributed by atoms with Gasteiger partial charge in [-0.25, -0.2) is 4.98 Å². The second-order valence-electron chi connectivity index (χ2n) is 7.18. The van der Waals surface area contributed by atoms with E-state index in [1.54, 1.807) is 13.0 Å². The molecule has 3 heterocycles. The molecule has 0 unspecified atom stereocenters. The lowest BCUT2D eigenvalue weighted by atomic mass is 9.96. The Labute approximate surface area is 148 Å². The Balaban J connectivity index is 1.44. The van der Waals surface area contributed by atoms with Crippen molar-refractivity contribution < 1.29 is 9.32 Å². The summed E-state index contributed by atoms with van der Waals surface area (Å²) in [6, 6.07) is 1.72. The Hall–Kier alpha value is -2.15. The molecule has 25 heavy (non-hydrogen) atoms. The Kier molecular flexibility index (Phi) is 5.53. The Morgan fingerprint density at radius 2 is 2.16 bits per heavy atom. The van der Waals surface area contributed by atoms with Crippen molar-refractivity contribution in [2.75, 3.05) is 25.0 Å². The third-order valence-electron chi connectivity index (χ3n) is 4.69. The van der Waals surface area contributed by atoms with E-state index in [-0.39, 0.29) is 5.91 Å². The molecule has 0 saturated carbocycles. The highest BCUT2D eigenvalue weighted by atomic mass is 16.5. The number of amides is 1. The molecule has 136 valence electrons. The number of imidazole rings is 1.